The number of hydrogen-bond acceptors (Lipinski definition) is 4. The van der Waals surface area contributed by atoms with Gasteiger partial charge in [0, 0.05) is 6.42 Å². The van der Waals surface area contributed by atoms with E-state index in [1.54, 1.807) is 24.3 Å². The van der Waals surface area contributed by atoms with Crippen LogP contribution in [-0.4, -0.2) is 51.9 Å². The molecule has 2 rings (SSSR count). The molecule has 8 nitrogen and oxygen atoms in total. The average molecular weight is 333 g/mol. The van der Waals surface area contributed by atoms with E-state index in [1.165, 1.54) is 13.8 Å². The molecule has 1 atom stereocenters. The summed E-state index contributed by atoms with van der Waals surface area (Å²) in [5.74, 6) is -2.32. The number of urea groups is 1. The van der Waals surface area contributed by atoms with Crippen LogP contribution in [0.1, 0.15) is 19.4 Å². The Labute approximate surface area is 138 Å². The second kappa shape index (κ2) is 6.69. The third-order valence-corrected chi connectivity index (χ3v) is 3.91. The quantitative estimate of drug-likeness (QED) is 0.640. The van der Waals surface area contributed by atoms with Crippen LogP contribution >= 0.6 is 0 Å². The summed E-state index contributed by atoms with van der Waals surface area (Å²) in [6.45, 7) is 2.63. The van der Waals surface area contributed by atoms with Gasteiger partial charge in [0.15, 0.2) is 0 Å². The van der Waals surface area contributed by atoms with Gasteiger partial charge in [0.05, 0.1) is 0 Å². The van der Waals surface area contributed by atoms with Gasteiger partial charge in [0.1, 0.15) is 18.1 Å². The van der Waals surface area contributed by atoms with E-state index < -0.39 is 41.9 Å². The predicted octanol–water partition coefficient (Wildman–Crippen LogP) is 0.129. The maximum atomic E-state index is 12.1. The smallest absolute Gasteiger partial charge is 0.326 e. The molecule has 3 N–H and O–H groups in total. The molecule has 0 radical (unpaired) electrons. The second-order valence-electron chi connectivity index (χ2n) is 6.05. The van der Waals surface area contributed by atoms with Crippen LogP contribution in [0.3, 0.4) is 0 Å². The fraction of sp³-hybridized carbons (Fsp3) is 0.375. The summed E-state index contributed by atoms with van der Waals surface area (Å²) in [7, 11) is 0. The van der Waals surface area contributed by atoms with Gasteiger partial charge in [0.2, 0.25) is 5.91 Å². The van der Waals surface area contributed by atoms with Crippen molar-refractivity contribution in [2.24, 2.45) is 0 Å². The number of carbonyl (C=O) groups excluding carboxylic acids is 3. The third kappa shape index (κ3) is 3.70. The van der Waals surface area contributed by atoms with E-state index >= 15 is 0 Å². The maximum absolute atomic E-state index is 12.1. The van der Waals surface area contributed by atoms with Gasteiger partial charge in [0.25, 0.3) is 5.91 Å². The SMILES string of the molecule is CC1(C)C(=O)NC(=O)N1CC(=O)N[C@@H](Cc1ccccc1)C(=O)O. The van der Waals surface area contributed by atoms with Gasteiger partial charge in [-0.05, 0) is 19.4 Å². The molecule has 1 aliphatic rings. The van der Waals surface area contributed by atoms with Gasteiger partial charge < -0.3 is 15.3 Å². The van der Waals surface area contributed by atoms with Gasteiger partial charge in [-0.1, -0.05) is 30.3 Å². The minimum absolute atomic E-state index is 0.121. The zero-order valence-corrected chi connectivity index (χ0v) is 13.4. The zero-order valence-electron chi connectivity index (χ0n) is 13.4. The molecule has 0 bridgehead atoms. The second-order valence-corrected chi connectivity index (χ2v) is 6.05. The van der Waals surface area contributed by atoms with Crippen LogP contribution in [0.4, 0.5) is 4.79 Å². The van der Waals surface area contributed by atoms with Crippen LogP contribution in [0.5, 0.6) is 0 Å². The number of amides is 4. The fourth-order valence-corrected chi connectivity index (χ4v) is 2.40. The Bertz CT molecular complexity index is 672. The summed E-state index contributed by atoms with van der Waals surface area (Å²) in [6.07, 6.45) is 0.121. The van der Waals surface area contributed by atoms with Gasteiger partial charge in [-0.2, -0.15) is 0 Å². The molecule has 0 aliphatic carbocycles. The Hall–Kier alpha value is -2.90. The van der Waals surface area contributed by atoms with Crippen molar-refractivity contribution in [1.29, 1.82) is 0 Å². The van der Waals surface area contributed by atoms with Crippen molar-refractivity contribution >= 4 is 23.8 Å². The molecule has 128 valence electrons. The van der Waals surface area contributed by atoms with E-state index in [0.717, 1.165) is 10.5 Å². The average Bonchev–Trinajstić information content (AvgIpc) is 2.70. The highest BCUT2D eigenvalue weighted by molar-refractivity contribution is 6.07. The highest BCUT2D eigenvalue weighted by Gasteiger charge is 2.46. The highest BCUT2D eigenvalue weighted by Crippen LogP contribution is 2.20. The van der Waals surface area contributed by atoms with Crippen molar-refractivity contribution < 1.29 is 24.3 Å². The molecule has 0 saturated carbocycles. The molecule has 1 aromatic carbocycles. The number of nitrogens with one attached hydrogen (secondary N) is 2. The zero-order chi connectivity index (χ0) is 17.9. The van der Waals surface area contributed by atoms with Crippen molar-refractivity contribution in [3.05, 3.63) is 35.9 Å². The maximum Gasteiger partial charge on any atom is 0.326 e. The first-order valence-corrected chi connectivity index (χ1v) is 7.41. The molecule has 1 saturated heterocycles. The molecule has 24 heavy (non-hydrogen) atoms. The molecule has 8 heteroatoms. The molecule has 4 amide bonds. The number of rotatable bonds is 6. The van der Waals surface area contributed by atoms with Crippen LogP contribution < -0.4 is 10.6 Å². The first-order chi connectivity index (χ1) is 11.2. The first-order valence-electron chi connectivity index (χ1n) is 7.41. The molecule has 0 unspecified atom stereocenters. The van der Waals surface area contributed by atoms with Crippen molar-refractivity contribution in [3.8, 4) is 0 Å². The van der Waals surface area contributed by atoms with Crippen molar-refractivity contribution in [3.63, 3.8) is 0 Å². The monoisotopic (exact) mass is 333 g/mol. The topological polar surface area (TPSA) is 116 Å². The lowest BCUT2D eigenvalue weighted by Crippen LogP contribution is -2.51. The molecular weight excluding hydrogens is 314 g/mol. The Kier molecular flexibility index (Phi) is 4.87. The van der Waals surface area contributed by atoms with Crippen LogP contribution in [-0.2, 0) is 20.8 Å². The van der Waals surface area contributed by atoms with Crippen LogP contribution in [0.15, 0.2) is 30.3 Å². The van der Waals surface area contributed by atoms with Crippen molar-refractivity contribution in [2.75, 3.05) is 6.54 Å². The van der Waals surface area contributed by atoms with Crippen molar-refractivity contribution in [2.45, 2.75) is 31.8 Å². The molecule has 0 spiro atoms. The molecule has 1 aliphatic heterocycles. The van der Waals surface area contributed by atoms with E-state index in [2.05, 4.69) is 10.6 Å². The summed E-state index contributed by atoms with van der Waals surface area (Å²) >= 11 is 0. The minimum Gasteiger partial charge on any atom is -0.480 e. The lowest BCUT2D eigenvalue weighted by atomic mass is 10.0. The van der Waals surface area contributed by atoms with Gasteiger partial charge in [-0.15, -0.1) is 0 Å². The number of carboxylic acids is 1. The van der Waals surface area contributed by atoms with Gasteiger partial charge in [-0.25, -0.2) is 9.59 Å². The Balaban J connectivity index is 2.02. The fourth-order valence-electron chi connectivity index (χ4n) is 2.40. The molecular formula is C16H19N3O5. The Morgan fingerprint density at radius 3 is 2.38 bits per heavy atom. The number of nitrogens with zero attached hydrogens (tertiary/aromatic N) is 1. The van der Waals surface area contributed by atoms with E-state index in [9.17, 15) is 24.3 Å². The minimum atomic E-state index is -1.17. The van der Waals surface area contributed by atoms with Crippen LogP contribution in [0.25, 0.3) is 0 Å². The standard InChI is InChI=1S/C16H19N3O5/c1-16(2)14(23)18-15(24)19(16)9-12(20)17-11(13(21)22)8-10-6-4-3-5-7-10/h3-7,11H,8-9H2,1-2H3,(H,17,20)(H,21,22)(H,18,23,24)/t11-/m0/s1. The first kappa shape index (κ1) is 17.5. The number of hydrogen-bond donors (Lipinski definition) is 3. The van der Waals surface area contributed by atoms with E-state index in [-0.39, 0.29) is 6.42 Å². The number of carboxylic acid groups (broad SMARTS) is 1. The molecule has 0 aromatic heterocycles. The summed E-state index contributed by atoms with van der Waals surface area (Å²) < 4.78 is 0. The van der Waals surface area contributed by atoms with E-state index in [1.807, 2.05) is 6.07 Å². The van der Waals surface area contributed by atoms with Crippen LogP contribution in [0.2, 0.25) is 0 Å². The normalized spacial score (nSPS) is 17.3. The summed E-state index contributed by atoms with van der Waals surface area (Å²) in [5, 5.41) is 13.8. The predicted molar refractivity (Wildman–Crippen MR) is 84.0 cm³/mol. The van der Waals surface area contributed by atoms with Crippen molar-refractivity contribution in [1.82, 2.24) is 15.5 Å². The summed E-state index contributed by atoms with van der Waals surface area (Å²) in [6, 6.07) is 7.09. The summed E-state index contributed by atoms with van der Waals surface area (Å²) in [5.41, 5.74) is -0.397. The number of carbonyl (C=O) groups is 4. The lowest BCUT2D eigenvalue weighted by molar-refractivity contribution is -0.142. The lowest BCUT2D eigenvalue weighted by Gasteiger charge is -2.27. The molecule has 1 aromatic rings. The highest BCUT2D eigenvalue weighted by atomic mass is 16.4. The van der Waals surface area contributed by atoms with Gasteiger partial charge >= 0.3 is 12.0 Å². The third-order valence-electron chi connectivity index (χ3n) is 3.91. The Morgan fingerprint density at radius 1 is 1.25 bits per heavy atom. The van der Waals surface area contributed by atoms with Gasteiger partial charge in [-0.3, -0.25) is 14.9 Å². The largest absolute Gasteiger partial charge is 0.480 e. The van der Waals surface area contributed by atoms with E-state index in [4.69, 9.17) is 0 Å². The number of imide groups is 1. The number of benzene rings is 1. The summed E-state index contributed by atoms with van der Waals surface area (Å²) in [4.78, 5) is 48.0. The molecule has 1 heterocycles. The van der Waals surface area contributed by atoms with E-state index in [0.29, 0.717) is 0 Å². The number of aliphatic carboxylic acids is 1. The Morgan fingerprint density at radius 2 is 1.88 bits per heavy atom. The van der Waals surface area contributed by atoms with Crippen LogP contribution in [0, 0.1) is 0 Å². The molecule has 1 fully saturated rings.